The maximum atomic E-state index is 2.39. The van der Waals surface area contributed by atoms with Crippen LogP contribution in [-0.4, -0.2) is 9.13 Å². The van der Waals surface area contributed by atoms with Gasteiger partial charge in [-0.15, -0.1) is 0 Å². The molecule has 0 saturated carbocycles. The fraction of sp³-hybridized carbons (Fsp3) is 0. The zero-order valence-corrected chi connectivity index (χ0v) is 48.4. The second-order valence-electron chi connectivity index (χ2n) is 22.1. The lowest BCUT2D eigenvalue weighted by atomic mass is 10.0. The SMILES string of the molecule is c1ccc(-c2ccc(N(c3ccccc3)c3ccc4c(c3)c3ccccc3n4-c3ccc(-c4ccccc4)cc3)cc2)cc1.c1ccc(-c2ccc(N(c3ccccc3)c3ccc4c5ccccc5n(-c5ccc(-c6ccccc6)cc5)c4c3)cc2)cc1. The van der Waals surface area contributed by atoms with Gasteiger partial charge in [-0.1, -0.05) is 249 Å². The maximum absolute atomic E-state index is 2.39. The van der Waals surface area contributed by atoms with Gasteiger partial charge in [-0.25, -0.2) is 0 Å². The zero-order valence-electron chi connectivity index (χ0n) is 48.4. The van der Waals surface area contributed by atoms with E-state index in [0.717, 1.165) is 45.5 Å². The predicted molar refractivity (Wildman–Crippen MR) is 373 cm³/mol. The Kier molecular flexibility index (Phi) is 14.3. The molecule has 14 aromatic carbocycles. The molecule has 0 amide bonds. The van der Waals surface area contributed by atoms with Crippen LogP contribution in [-0.2, 0) is 0 Å². The van der Waals surface area contributed by atoms with E-state index in [1.807, 2.05) is 0 Å². The molecule has 0 aliphatic rings. The number of aromatic nitrogens is 2. The minimum absolute atomic E-state index is 1.11. The van der Waals surface area contributed by atoms with Crippen molar-refractivity contribution in [2.45, 2.75) is 0 Å². The molecule has 4 heteroatoms. The number of para-hydroxylation sites is 4. The summed E-state index contributed by atoms with van der Waals surface area (Å²) in [6.45, 7) is 0. The monoisotopic (exact) mass is 1120 g/mol. The maximum Gasteiger partial charge on any atom is 0.0561 e. The molecule has 88 heavy (non-hydrogen) atoms. The third-order valence-corrected chi connectivity index (χ3v) is 16.8. The van der Waals surface area contributed by atoms with Gasteiger partial charge in [-0.05, 0) is 160 Å². The number of hydrogen-bond acceptors (Lipinski definition) is 2. The highest BCUT2D eigenvalue weighted by molar-refractivity contribution is 6.12. The Morgan fingerprint density at radius 3 is 0.830 bits per heavy atom. The van der Waals surface area contributed by atoms with E-state index in [1.165, 1.54) is 88.1 Å². The first-order valence-corrected chi connectivity index (χ1v) is 30.1. The number of fused-ring (bicyclic) bond motifs is 6. The van der Waals surface area contributed by atoms with E-state index in [4.69, 9.17) is 0 Å². The van der Waals surface area contributed by atoms with Crippen LogP contribution in [0.1, 0.15) is 0 Å². The molecule has 16 aromatic rings. The average molecular weight is 1130 g/mol. The molecule has 0 N–H and O–H groups in total. The second kappa shape index (κ2) is 23.7. The third kappa shape index (κ3) is 10.4. The fourth-order valence-electron chi connectivity index (χ4n) is 12.5. The van der Waals surface area contributed by atoms with Crippen molar-refractivity contribution < 1.29 is 0 Å². The summed E-state index contributed by atoms with van der Waals surface area (Å²) in [5.74, 6) is 0. The van der Waals surface area contributed by atoms with E-state index in [0.29, 0.717) is 0 Å². The van der Waals surface area contributed by atoms with Crippen molar-refractivity contribution in [3.63, 3.8) is 0 Å². The summed E-state index contributed by atoms with van der Waals surface area (Å²) in [5.41, 5.74) is 23.5. The lowest BCUT2D eigenvalue weighted by Gasteiger charge is -2.26. The van der Waals surface area contributed by atoms with Crippen LogP contribution >= 0.6 is 0 Å². The number of benzene rings is 14. The summed E-state index contributed by atoms with van der Waals surface area (Å²) in [7, 11) is 0. The molecule has 0 saturated heterocycles. The molecule has 0 aliphatic heterocycles. The number of hydrogen-bond donors (Lipinski definition) is 0. The van der Waals surface area contributed by atoms with Crippen molar-refractivity contribution in [3.8, 4) is 55.9 Å². The highest BCUT2D eigenvalue weighted by Gasteiger charge is 2.20. The molecule has 0 bridgehead atoms. The molecule has 416 valence electrons. The molecule has 0 unspecified atom stereocenters. The van der Waals surface area contributed by atoms with Crippen molar-refractivity contribution in [1.29, 1.82) is 0 Å². The molecule has 16 rings (SSSR count). The van der Waals surface area contributed by atoms with Gasteiger partial charge >= 0.3 is 0 Å². The molecule has 4 nitrogen and oxygen atoms in total. The van der Waals surface area contributed by atoms with Crippen LogP contribution in [0.5, 0.6) is 0 Å². The quantitative estimate of drug-likeness (QED) is 0.121. The topological polar surface area (TPSA) is 16.3 Å². The van der Waals surface area contributed by atoms with Crippen LogP contribution in [0.15, 0.2) is 364 Å². The molecular weight excluding hydrogens is 1060 g/mol. The Morgan fingerprint density at radius 1 is 0.159 bits per heavy atom. The van der Waals surface area contributed by atoms with Crippen molar-refractivity contribution >= 4 is 77.7 Å². The number of rotatable bonds is 12. The standard InChI is InChI=1S/2C42H30N2/c1-4-12-31(13-5-1)33-20-24-36(25-21-33)43(35-16-8-3-9-17-35)38-28-29-42-40(30-38)39-18-10-11-19-41(39)44(42)37-26-22-34(23-27-37)32-14-6-2-7-15-32;1-4-12-31(13-5-1)33-20-24-36(25-21-33)43(35-16-8-3-9-17-35)38-28-29-40-39-18-10-11-19-41(39)44(42(40)30-38)37-26-22-34(23-27-37)32-14-6-2-7-15-32/h2*1-30H. The van der Waals surface area contributed by atoms with Crippen molar-refractivity contribution in [3.05, 3.63) is 364 Å². The first kappa shape index (κ1) is 53.0. The van der Waals surface area contributed by atoms with Crippen LogP contribution in [0.2, 0.25) is 0 Å². The molecular formula is C84H60N4. The molecule has 0 fully saturated rings. The highest BCUT2D eigenvalue weighted by atomic mass is 15.1. The van der Waals surface area contributed by atoms with Crippen LogP contribution in [0.4, 0.5) is 34.1 Å². The zero-order chi connectivity index (χ0) is 58.6. The first-order chi connectivity index (χ1) is 43.7. The van der Waals surface area contributed by atoms with Crippen molar-refractivity contribution in [2.24, 2.45) is 0 Å². The molecule has 0 atom stereocenters. The Morgan fingerprint density at radius 2 is 0.420 bits per heavy atom. The highest BCUT2D eigenvalue weighted by Crippen LogP contribution is 2.43. The lowest BCUT2D eigenvalue weighted by Crippen LogP contribution is -2.10. The van der Waals surface area contributed by atoms with Crippen molar-refractivity contribution in [1.82, 2.24) is 9.13 Å². The second-order valence-corrected chi connectivity index (χ2v) is 22.1. The number of anilines is 6. The number of nitrogens with zero attached hydrogens (tertiary/aromatic N) is 4. The summed E-state index contributed by atoms with van der Waals surface area (Å²) in [4.78, 5) is 4.68. The molecule has 2 aromatic heterocycles. The summed E-state index contributed by atoms with van der Waals surface area (Å²) in [6, 6.07) is 130. The van der Waals surface area contributed by atoms with Gasteiger partial charge in [0.15, 0.2) is 0 Å². The molecule has 0 aliphatic carbocycles. The van der Waals surface area contributed by atoms with Crippen LogP contribution in [0.3, 0.4) is 0 Å². The summed E-state index contributed by atoms with van der Waals surface area (Å²) in [6.07, 6.45) is 0. The average Bonchev–Trinajstić information content (AvgIpc) is 2.67. The van der Waals surface area contributed by atoms with Crippen LogP contribution in [0, 0.1) is 0 Å². The predicted octanol–water partition coefficient (Wildman–Crippen LogP) is 23.2. The molecule has 0 spiro atoms. The Bertz CT molecular complexity index is 5000. The minimum Gasteiger partial charge on any atom is -0.310 e. The smallest absolute Gasteiger partial charge is 0.0561 e. The first-order valence-electron chi connectivity index (χ1n) is 30.1. The largest absolute Gasteiger partial charge is 0.310 e. The van der Waals surface area contributed by atoms with Crippen LogP contribution in [0.25, 0.3) is 99.5 Å². The van der Waals surface area contributed by atoms with Gasteiger partial charge in [0.05, 0.1) is 22.1 Å². The van der Waals surface area contributed by atoms with Gasteiger partial charge in [0.2, 0.25) is 0 Å². The van der Waals surface area contributed by atoms with Gasteiger partial charge < -0.3 is 18.9 Å². The summed E-state index contributed by atoms with van der Waals surface area (Å²) < 4.78 is 4.77. The summed E-state index contributed by atoms with van der Waals surface area (Å²) >= 11 is 0. The molecule has 0 radical (unpaired) electrons. The normalized spacial score (nSPS) is 11.2. The van der Waals surface area contributed by atoms with Gasteiger partial charge in [-0.2, -0.15) is 0 Å². The fourth-order valence-corrected chi connectivity index (χ4v) is 12.5. The minimum atomic E-state index is 1.11. The van der Waals surface area contributed by atoms with E-state index < -0.39 is 0 Å². The van der Waals surface area contributed by atoms with E-state index in [9.17, 15) is 0 Å². The van der Waals surface area contributed by atoms with Gasteiger partial charge in [0.1, 0.15) is 0 Å². The molecule has 2 heterocycles. The van der Waals surface area contributed by atoms with E-state index in [-0.39, 0.29) is 0 Å². The van der Waals surface area contributed by atoms with Gasteiger partial charge in [0, 0.05) is 67.0 Å². The Hall–Kier alpha value is -11.7. The van der Waals surface area contributed by atoms with E-state index >= 15 is 0 Å². The van der Waals surface area contributed by atoms with E-state index in [1.54, 1.807) is 0 Å². The van der Waals surface area contributed by atoms with Gasteiger partial charge in [0.25, 0.3) is 0 Å². The third-order valence-electron chi connectivity index (χ3n) is 16.8. The van der Waals surface area contributed by atoms with Crippen LogP contribution < -0.4 is 9.80 Å². The summed E-state index contributed by atoms with van der Waals surface area (Å²) in [5, 5.41) is 4.96. The van der Waals surface area contributed by atoms with E-state index in [2.05, 4.69) is 383 Å². The Labute approximate surface area is 513 Å². The lowest BCUT2D eigenvalue weighted by molar-refractivity contribution is 1.18. The van der Waals surface area contributed by atoms with Crippen molar-refractivity contribution in [2.75, 3.05) is 9.80 Å². The Balaban J connectivity index is 0.000000148. The van der Waals surface area contributed by atoms with Gasteiger partial charge in [-0.3, -0.25) is 0 Å².